The predicted octanol–water partition coefficient (Wildman–Crippen LogP) is 6.07. The Morgan fingerprint density at radius 2 is 1.62 bits per heavy atom. The van der Waals surface area contributed by atoms with E-state index in [0.717, 1.165) is 10.8 Å². The Hall–Kier alpha value is -3.72. The number of alkyl carbamates (subject to hydrolysis) is 1. The highest BCUT2D eigenvalue weighted by Crippen LogP contribution is 2.34. The van der Waals surface area contributed by atoms with E-state index in [1.165, 1.54) is 17.0 Å². The van der Waals surface area contributed by atoms with E-state index in [-0.39, 0.29) is 11.5 Å². The molecule has 3 aromatic carbocycles. The third-order valence-electron chi connectivity index (χ3n) is 6.64. The van der Waals surface area contributed by atoms with Crippen LogP contribution in [0.5, 0.6) is 5.75 Å². The van der Waals surface area contributed by atoms with E-state index in [2.05, 4.69) is 23.3 Å². The number of thiol groups is 1. The number of anilines is 1. The van der Waals surface area contributed by atoms with Crippen molar-refractivity contribution in [2.75, 3.05) is 11.1 Å². The monoisotopic (exact) mass is 565 g/mol. The number of phenols is 1. The molecule has 0 aliphatic heterocycles. The number of rotatable bonds is 9. The molecule has 0 bridgehead atoms. The van der Waals surface area contributed by atoms with Gasteiger partial charge in [-0.3, -0.25) is 9.59 Å². The van der Waals surface area contributed by atoms with Crippen molar-refractivity contribution >= 4 is 47.0 Å². The summed E-state index contributed by atoms with van der Waals surface area (Å²) >= 11 is 4.34. The lowest BCUT2D eigenvalue weighted by Gasteiger charge is -2.44. The van der Waals surface area contributed by atoms with Crippen LogP contribution in [0.1, 0.15) is 59.6 Å². The molecule has 0 fully saturated rings. The van der Waals surface area contributed by atoms with Crippen LogP contribution in [0, 0.1) is 0 Å². The number of nitrogens with one attached hydrogen (secondary N) is 2. The first-order chi connectivity index (χ1) is 18.8. The maximum atomic E-state index is 14.2. The van der Waals surface area contributed by atoms with Crippen LogP contribution in [0.25, 0.3) is 10.8 Å². The molecule has 40 heavy (non-hydrogen) atoms. The zero-order valence-electron chi connectivity index (χ0n) is 23.9. The van der Waals surface area contributed by atoms with Crippen LogP contribution in [0.2, 0.25) is 0 Å². The number of hydrogen-bond acceptors (Lipinski definition) is 6. The summed E-state index contributed by atoms with van der Waals surface area (Å²) in [5, 5.41) is 17.9. The average Bonchev–Trinajstić information content (AvgIpc) is 2.88. The minimum atomic E-state index is -1.14. The van der Waals surface area contributed by atoms with Crippen LogP contribution < -0.4 is 10.6 Å². The average molecular weight is 566 g/mol. The lowest BCUT2D eigenvalue weighted by Crippen LogP contribution is -2.59. The summed E-state index contributed by atoms with van der Waals surface area (Å²) in [6.45, 7) is 10.8. The van der Waals surface area contributed by atoms with E-state index in [1.54, 1.807) is 39.0 Å². The van der Waals surface area contributed by atoms with Crippen LogP contribution in [0.15, 0.2) is 66.7 Å². The molecule has 214 valence electrons. The number of amides is 3. The first-order valence-corrected chi connectivity index (χ1v) is 13.9. The summed E-state index contributed by atoms with van der Waals surface area (Å²) in [5.41, 5.74) is -0.609. The lowest BCUT2D eigenvalue weighted by molar-refractivity contribution is -0.147. The highest BCUT2D eigenvalue weighted by atomic mass is 32.1. The molecule has 0 aromatic heterocycles. The molecular formula is C31H39N3O5S. The van der Waals surface area contributed by atoms with E-state index in [0.29, 0.717) is 17.7 Å². The van der Waals surface area contributed by atoms with Gasteiger partial charge < -0.3 is 25.4 Å². The molecule has 3 N–H and O–H groups in total. The third kappa shape index (κ3) is 7.69. The molecule has 2 unspecified atom stereocenters. The van der Waals surface area contributed by atoms with Gasteiger partial charge in [0.2, 0.25) is 5.91 Å². The maximum Gasteiger partial charge on any atom is 0.408 e. The fraction of sp³-hybridized carbons (Fsp3) is 0.387. The van der Waals surface area contributed by atoms with Gasteiger partial charge in [-0.05, 0) is 81.6 Å². The Morgan fingerprint density at radius 3 is 2.23 bits per heavy atom. The normalized spacial score (nSPS) is 13.3. The molecule has 0 saturated heterocycles. The Kier molecular flexibility index (Phi) is 9.73. The highest BCUT2D eigenvalue weighted by Gasteiger charge is 2.43. The van der Waals surface area contributed by atoms with Gasteiger partial charge in [0.25, 0.3) is 5.91 Å². The van der Waals surface area contributed by atoms with Crippen molar-refractivity contribution in [3.8, 4) is 5.75 Å². The minimum absolute atomic E-state index is 0.0204. The molecule has 0 aliphatic rings. The van der Waals surface area contributed by atoms with E-state index in [9.17, 15) is 19.5 Å². The van der Waals surface area contributed by atoms with E-state index < -0.39 is 41.1 Å². The number of nitrogens with zero attached hydrogens (tertiary/aromatic N) is 1. The number of carbonyl (C=O) groups is 3. The summed E-state index contributed by atoms with van der Waals surface area (Å²) in [4.78, 5) is 42.3. The molecular weight excluding hydrogens is 526 g/mol. The summed E-state index contributed by atoms with van der Waals surface area (Å²) in [7, 11) is 0. The van der Waals surface area contributed by atoms with Gasteiger partial charge in [0, 0.05) is 17.0 Å². The zero-order chi connectivity index (χ0) is 29.7. The van der Waals surface area contributed by atoms with Gasteiger partial charge in [0.05, 0.1) is 0 Å². The van der Waals surface area contributed by atoms with Gasteiger partial charge in [-0.25, -0.2) is 4.79 Å². The Labute approximate surface area is 241 Å². The molecule has 0 radical (unpaired) electrons. The molecule has 2 atom stereocenters. The summed E-state index contributed by atoms with van der Waals surface area (Å²) in [6.07, 6.45) is -0.257. The lowest BCUT2D eigenvalue weighted by atomic mass is 9.92. The fourth-order valence-electron chi connectivity index (χ4n) is 4.34. The van der Waals surface area contributed by atoms with Crippen LogP contribution in [0.4, 0.5) is 10.5 Å². The molecule has 9 heteroatoms. The number of hydrogen-bond donors (Lipinski definition) is 4. The first kappa shape index (κ1) is 30.8. The fourth-order valence-corrected chi connectivity index (χ4v) is 4.59. The first-order valence-electron chi connectivity index (χ1n) is 13.3. The molecule has 0 saturated carbocycles. The molecule has 0 spiro atoms. The standard InChI is InChI=1S/C31H39N3O5S/c1-7-31(5,6)34(28(37)25(19-40)33-29(38)39-30(2,3)4)26(22-13-10-14-24(35)18-22)27(36)32-23-16-15-20-11-8-9-12-21(20)17-23/h8-18,25-26,35,40H,7,19H2,1-6H3,(H,32,36)(H,33,38). The third-order valence-corrected chi connectivity index (χ3v) is 7.00. The van der Waals surface area contributed by atoms with Crippen LogP contribution in [0.3, 0.4) is 0 Å². The van der Waals surface area contributed by atoms with Crippen molar-refractivity contribution in [1.29, 1.82) is 0 Å². The summed E-state index contributed by atoms with van der Waals surface area (Å²) < 4.78 is 5.37. The van der Waals surface area contributed by atoms with E-state index >= 15 is 0 Å². The number of phenolic OH excluding ortho intramolecular Hbond substituents is 1. The topological polar surface area (TPSA) is 108 Å². The van der Waals surface area contributed by atoms with Gasteiger partial charge in [0.1, 0.15) is 23.4 Å². The molecule has 3 aromatic rings. The molecule has 0 aliphatic carbocycles. The number of benzene rings is 3. The predicted molar refractivity (Wildman–Crippen MR) is 162 cm³/mol. The SMILES string of the molecule is CCC(C)(C)N(C(=O)C(CS)NC(=O)OC(C)(C)C)C(C(=O)Nc1ccc2ccccc2c1)c1cccc(O)c1. The number of aromatic hydroxyl groups is 1. The number of carbonyl (C=O) groups excluding carboxylic acids is 3. The highest BCUT2D eigenvalue weighted by molar-refractivity contribution is 7.80. The van der Waals surface area contributed by atoms with Crippen LogP contribution in [-0.4, -0.2) is 50.8 Å². The molecule has 0 heterocycles. The van der Waals surface area contributed by atoms with Crippen molar-refractivity contribution in [2.45, 2.75) is 71.2 Å². The Bertz CT molecular complexity index is 1370. The van der Waals surface area contributed by atoms with Crippen molar-refractivity contribution in [3.05, 3.63) is 72.3 Å². The Balaban J connectivity index is 2.06. The van der Waals surface area contributed by atoms with E-state index in [4.69, 9.17) is 4.74 Å². The quantitative estimate of drug-likeness (QED) is 0.236. The van der Waals surface area contributed by atoms with Gasteiger partial charge >= 0.3 is 6.09 Å². The van der Waals surface area contributed by atoms with Gasteiger partial charge in [0.15, 0.2) is 0 Å². The van der Waals surface area contributed by atoms with Crippen molar-refractivity contribution in [1.82, 2.24) is 10.2 Å². The smallest absolute Gasteiger partial charge is 0.408 e. The minimum Gasteiger partial charge on any atom is -0.508 e. The second kappa shape index (κ2) is 12.6. The van der Waals surface area contributed by atoms with Crippen molar-refractivity contribution < 1.29 is 24.2 Å². The number of fused-ring (bicyclic) bond motifs is 1. The largest absolute Gasteiger partial charge is 0.508 e. The summed E-state index contributed by atoms with van der Waals surface area (Å²) in [6, 6.07) is 17.4. The second-order valence-electron chi connectivity index (χ2n) is 11.3. The Morgan fingerprint density at radius 1 is 0.950 bits per heavy atom. The van der Waals surface area contributed by atoms with Crippen LogP contribution in [-0.2, 0) is 14.3 Å². The van der Waals surface area contributed by atoms with Crippen molar-refractivity contribution in [3.63, 3.8) is 0 Å². The summed E-state index contributed by atoms with van der Waals surface area (Å²) in [5.74, 6) is -1.03. The molecule has 3 amide bonds. The molecule has 3 rings (SSSR count). The van der Waals surface area contributed by atoms with Gasteiger partial charge in [-0.2, -0.15) is 12.6 Å². The second-order valence-corrected chi connectivity index (χ2v) is 11.7. The zero-order valence-corrected chi connectivity index (χ0v) is 24.8. The maximum absolute atomic E-state index is 14.2. The number of ether oxygens (including phenoxy) is 1. The molecule has 8 nitrogen and oxygen atoms in total. The van der Waals surface area contributed by atoms with Crippen LogP contribution >= 0.6 is 12.6 Å². The van der Waals surface area contributed by atoms with Gasteiger partial charge in [-0.1, -0.05) is 49.4 Å². The van der Waals surface area contributed by atoms with Gasteiger partial charge in [-0.15, -0.1) is 0 Å². The van der Waals surface area contributed by atoms with Crippen molar-refractivity contribution in [2.24, 2.45) is 0 Å². The van der Waals surface area contributed by atoms with E-state index in [1.807, 2.05) is 57.2 Å².